The van der Waals surface area contributed by atoms with Gasteiger partial charge in [0, 0.05) is 31.6 Å². The van der Waals surface area contributed by atoms with Crippen LogP contribution in [0.5, 0.6) is 0 Å². The molecule has 0 bridgehead atoms. The van der Waals surface area contributed by atoms with Crippen LogP contribution in [0.3, 0.4) is 0 Å². The largest absolute Gasteiger partial charge is 0.465 e. The third-order valence-corrected chi connectivity index (χ3v) is 4.70. The van der Waals surface area contributed by atoms with Crippen molar-refractivity contribution in [1.82, 2.24) is 10.3 Å². The Kier molecular flexibility index (Phi) is 4.15. The number of alkyl halides is 3. The number of carbonyl (C=O) groups excluding carboxylic acids is 1. The summed E-state index contributed by atoms with van der Waals surface area (Å²) in [7, 11) is 1.19. The molecule has 0 amide bonds. The van der Waals surface area contributed by atoms with E-state index in [4.69, 9.17) is 0 Å². The number of nitrogens with zero attached hydrogens (tertiary/aromatic N) is 2. The van der Waals surface area contributed by atoms with Crippen LogP contribution in [0, 0.1) is 0 Å². The fourth-order valence-corrected chi connectivity index (χ4v) is 3.69. The molecule has 0 atom stereocenters. The van der Waals surface area contributed by atoms with Gasteiger partial charge >= 0.3 is 12.1 Å². The average molecular weight is 345 g/mol. The van der Waals surface area contributed by atoms with Crippen molar-refractivity contribution in [1.29, 1.82) is 0 Å². The first-order chi connectivity index (χ1) is 10.9. The van der Waals surface area contributed by atoms with Gasteiger partial charge in [0.15, 0.2) is 0 Å². The molecule has 9 heteroatoms. The van der Waals surface area contributed by atoms with Gasteiger partial charge in [-0.25, -0.2) is 4.79 Å². The summed E-state index contributed by atoms with van der Waals surface area (Å²) in [6, 6.07) is 0. The standard InChI is InChI=1S/C14H14F3N3O2S/c1-22-13(21)8-7-23-12-10(14(15,16)17)9(6-19-11(8)12)20-4-2-18-3-5-20/h6-7,18H,2-5H2,1H3. The van der Waals surface area contributed by atoms with Crippen molar-refractivity contribution in [3.8, 4) is 0 Å². The molecule has 0 radical (unpaired) electrons. The van der Waals surface area contributed by atoms with Crippen LogP contribution in [0.15, 0.2) is 11.6 Å². The minimum Gasteiger partial charge on any atom is -0.465 e. The molecule has 1 saturated heterocycles. The molecular weight excluding hydrogens is 331 g/mol. The quantitative estimate of drug-likeness (QED) is 0.848. The summed E-state index contributed by atoms with van der Waals surface area (Å²) in [4.78, 5) is 17.5. The van der Waals surface area contributed by atoms with E-state index in [1.165, 1.54) is 18.7 Å². The van der Waals surface area contributed by atoms with Gasteiger partial charge < -0.3 is 15.0 Å². The van der Waals surface area contributed by atoms with Crippen molar-refractivity contribution in [2.45, 2.75) is 6.18 Å². The lowest BCUT2D eigenvalue weighted by molar-refractivity contribution is -0.135. The summed E-state index contributed by atoms with van der Waals surface area (Å²) in [5.74, 6) is -0.688. The Bertz CT molecular complexity index is 739. The molecule has 0 aliphatic carbocycles. The molecule has 1 aliphatic heterocycles. The van der Waals surface area contributed by atoms with Gasteiger partial charge in [0.2, 0.25) is 0 Å². The van der Waals surface area contributed by atoms with Gasteiger partial charge in [0.1, 0.15) is 0 Å². The first kappa shape index (κ1) is 16.0. The van der Waals surface area contributed by atoms with Crippen molar-refractivity contribution in [2.24, 2.45) is 0 Å². The van der Waals surface area contributed by atoms with E-state index in [9.17, 15) is 18.0 Å². The molecule has 0 aromatic carbocycles. The molecule has 0 saturated carbocycles. The molecule has 1 N–H and O–H groups in total. The predicted octanol–water partition coefficient (Wildman–Crippen LogP) is 2.51. The van der Waals surface area contributed by atoms with Gasteiger partial charge in [-0.05, 0) is 0 Å². The monoisotopic (exact) mass is 345 g/mol. The summed E-state index contributed by atoms with van der Waals surface area (Å²) in [5.41, 5.74) is -0.577. The fraction of sp³-hybridized carbons (Fsp3) is 0.429. The van der Waals surface area contributed by atoms with E-state index in [0.717, 1.165) is 11.3 Å². The number of rotatable bonds is 2. The van der Waals surface area contributed by atoms with Gasteiger partial charge in [0.25, 0.3) is 0 Å². The van der Waals surface area contributed by atoms with Gasteiger partial charge in [-0.3, -0.25) is 4.98 Å². The number of hydrogen-bond donors (Lipinski definition) is 1. The summed E-state index contributed by atoms with van der Waals surface area (Å²) >= 11 is 0.864. The Morgan fingerprint density at radius 2 is 2.09 bits per heavy atom. The van der Waals surface area contributed by atoms with E-state index < -0.39 is 17.7 Å². The van der Waals surface area contributed by atoms with Crippen LogP contribution in [0.2, 0.25) is 0 Å². The molecule has 3 rings (SSSR count). The van der Waals surface area contributed by atoms with Crippen molar-refractivity contribution in [3.05, 3.63) is 22.7 Å². The van der Waals surface area contributed by atoms with Crippen molar-refractivity contribution >= 4 is 33.2 Å². The maximum absolute atomic E-state index is 13.6. The Hall–Kier alpha value is -1.87. The van der Waals surface area contributed by atoms with Crippen molar-refractivity contribution in [3.63, 3.8) is 0 Å². The number of thiophene rings is 1. The second kappa shape index (κ2) is 5.97. The molecule has 1 fully saturated rings. The van der Waals surface area contributed by atoms with Crippen molar-refractivity contribution in [2.75, 3.05) is 38.2 Å². The van der Waals surface area contributed by atoms with Crippen LogP contribution in [0.25, 0.3) is 10.2 Å². The SMILES string of the molecule is COC(=O)c1csc2c(C(F)(F)F)c(N3CCNCC3)cnc12. The molecule has 124 valence electrons. The number of aromatic nitrogens is 1. The highest BCUT2D eigenvalue weighted by Crippen LogP contribution is 2.43. The lowest BCUT2D eigenvalue weighted by atomic mass is 10.1. The van der Waals surface area contributed by atoms with Crippen LogP contribution < -0.4 is 10.2 Å². The van der Waals surface area contributed by atoms with Crippen LogP contribution in [0.1, 0.15) is 15.9 Å². The van der Waals surface area contributed by atoms with Crippen molar-refractivity contribution < 1.29 is 22.7 Å². The summed E-state index contributed by atoms with van der Waals surface area (Å²) in [6.07, 6.45) is -3.32. The third-order valence-electron chi connectivity index (χ3n) is 3.71. The predicted molar refractivity (Wildman–Crippen MR) is 81.0 cm³/mol. The number of pyridine rings is 1. The number of ether oxygens (including phenoxy) is 1. The Balaban J connectivity index is 2.20. The molecule has 0 unspecified atom stereocenters. The van der Waals surface area contributed by atoms with Crippen LogP contribution >= 0.6 is 11.3 Å². The number of piperazine rings is 1. The number of methoxy groups -OCH3 is 1. The first-order valence-electron chi connectivity index (χ1n) is 6.95. The molecular formula is C14H14F3N3O2S. The van der Waals surface area contributed by atoms with E-state index in [0.29, 0.717) is 26.2 Å². The summed E-state index contributed by atoms with van der Waals surface area (Å²) < 4.78 is 45.5. The molecule has 0 spiro atoms. The zero-order chi connectivity index (χ0) is 16.6. The number of carbonyl (C=O) groups is 1. The Morgan fingerprint density at radius 1 is 1.39 bits per heavy atom. The Labute approximate surface area is 134 Å². The molecule has 2 aromatic rings. The van der Waals surface area contributed by atoms with Gasteiger partial charge in [-0.1, -0.05) is 0 Å². The fourth-order valence-electron chi connectivity index (χ4n) is 2.64. The van der Waals surface area contributed by atoms with E-state index in [2.05, 4.69) is 15.0 Å². The highest BCUT2D eigenvalue weighted by atomic mass is 32.1. The molecule has 2 aromatic heterocycles. The highest BCUT2D eigenvalue weighted by Gasteiger charge is 2.39. The summed E-state index contributed by atoms with van der Waals surface area (Å²) in [6.45, 7) is 2.19. The normalized spacial score (nSPS) is 15.9. The number of halogens is 3. The van der Waals surface area contributed by atoms with Crippen LogP contribution in [-0.4, -0.2) is 44.2 Å². The van der Waals surface area contributed by atoms with E-state index >= 15 is 0 Å². The number of anilines is 1. The maximum Gasteiger partial charge on any atom is 0.419 e. The Morgan fingerprint density at radius 3 is 2.70 bits per heavy atom. The topological polar surface area (TPSA) is 54.5 Å². The number of esters is 1. The lowest BCUT2D eigenvalue weighted by Gasteiger charge is -2.31. The van der Waals surface area contributed by atoms with Gasteiger partial charge in [-0.15, -0.1) is 11.3 Å². The average Bonchev–Trinajstić information content (AvgIpc) is 2.96. The minimum absolute atomic E-state index is 0.0334. The molecule has 23 heavy (non-hydrogen) atoms. The van der Waals surface area contributed by atoms with E-state index in [1.54, 1.807) is 4.90 Å². The van der Waals surface area contributed by atoms with E-state index in [-0.39, 0.29) is 21.5 Å². The van der Waals surface area contributed by atoms with Crippen LogP contribution in [0.4, 0.5) is 18.9 Å². The van der Waals surface area contributed by atoms with Gasteiger partial charge in [-0.2, -0.15) is 13.2 Å². The third kappa shape index (κ3) is 2.86. The second-order valence-corrected chi connectivity index (χ2v) is 5.95. The zero-order valence-electron chi connectivity index (χ0n) is 12.2. The number of fused-ring (bicyclic) bond motifs is 1. The van der Waals surface area contributed by atoms with Gasteiger partial charge in [0.05, 0.1) is 40.3 Å². The molecule has 1 aliphatic rings. The minimum atomic E-state index is -4.53. The smallest absolute Gasteiger partial charge is 0.419 e. The van der Waals surface area contributed by atoms with E-state index in [1.807, 2.05) is 0 Å². The summed E-state index contributed by atoms with van der Waals surface area (Å²) in [5, 5.41) is 4.47. The lowest BCUT2D eigenvalue weighted by Crippen LogP contribution is -2.44. The zero-order valence-corrected chi connectivity index (χ0v) is 13.1. The second-order valence-electron chi connectivity index (χ2n) is 5.07. The molecule has 3 heterocycles. The maximum atomic E-state index is 13.6. The van der Waals surface area contributed by atoms with Crippen LogP contribution in [-0.2, 0) is 10.9 Å². The highest BCUT2D eigenvalue weighted by molar-refractivity contribution is 7.17. The number of hydrogen-bond acceptors (Lipinski definition) is 6. The molecule has 5 nitrogen and oxygen atoms in total. The number of nitrogens with one attached hydrogen (secondary N) is 1. The first-order valence-corrected chi connectivity index (χ1v) is 7.83.